The molecule has 0 bridgehead atoms. The summed E-state index contributed by atoms with van der Waals surface area (Å²) in [4.78, 5) is 29.9. The molecule has 2 aromatic heterocycles. The third-order valence-corrected chi connectivity index (χ3v) is 4.68. The van der Waals surface area contributed by atoms with Gasteiger partial charge in [-0.3, -0.25) is 14.0 Å². The van der Waals surface area contributed by atoms with Gasteiger partial charge in [-0.05, 0) is 30.2 Å². The maximum absolute atomic E-state index is 13.0. The van der Waals surface area contributed by atoms with Gasteiger partial charge in [0.25, 0.3) is 11.5 Å². The number of aromatic nitrogens is 2. The van der Waals surface area contributed by atoms with Gasteiger partial charge in [0.1, 0.15) is 11.2 Å². The highest BCUT2D eigenvalue weighted by Gasteiger charge is 2.20. The number of aryl methyl sites for hydroxylation is 1. The number of rotatable bonds is 4. The van der Waals surface area contributed by atoms with Crippen LogP contribution in [0.4, 0.5) is 0 Å². The summed E-state index contributed by atoms with van der Waals surface area (Å²) in [6.45, 7) is 2.02. The van der Waals surface area contributed by atoms with E-state index in [1.54, 1.807) is 24.4 Å². The average Bonchev–Trinajstić information content (AvgIpc) is 2.74. The highest BCUT2D eigenvalue weighted by Crippen LogP contribution is 2.22. The topological polar surface area (TPSA) is 63.5 Å². The largest absolute Gasteiger partial charge is 0.341 e. The minimum atomic E-state index is -0.454. The zero-order valence-electron chi connectivity index (χ0n) is 15.4. The van der Waals surface area contributed by atoms with Crippen molar-refractivity contribution < 1.29 is 4.79 Å². The second-order valence-electron chi connectivity index (χ2n) is 6.63. The summed E-state index contributed by atoms with van der Waals surface area (Å²) in [5.74, 6) is -0.454. The lowest BCUT2D eigenvalue weighted by Gasteiger charge is -2.20. The van der Waals surface area contributed by atoms with Crippen LogP contribution in [-0.4, -0.2) is 15.3 Å². The van der Waals surface area contributed by atoms with Gasteiger partial charge in [0.2, 0.25) is 0 Å². The second kappa shape index (κ2) is 7.48. The molecule has 5 heteroatoms. The molecule has 0 aliphatic rings. The first-order valence-electron chi connectivity index (χ1n) is 9.02. The molecule has 1 atom stereocenters. The van der Waals surface area contributed by atoms with Gasteiger partial charge in [-0.15, -0.1) is 0 Å². The molecule has 0 aliphatic carbocycles. The number of nitrogens with one attached hydrogen (secondary N) is 1. The summed E-state index contributed by atoms with van der Waals surface area (Å²) in [5.41, 5.74) is 3.14. The van der Waals surface area contributed by atoms with Crippen molar-refractivity contribution in [2.45, 2.75) is 13.0 Å². The van der Waals surface area contributed by atoms with Crippen molar-refractivity contribution >= 4 is 11.6 Å². The molecule has 0 saturated carbocycles. The van der Waals surface area contributed by atoms with Crippen molar-refractivity contribution in [1.82, 2.24) is 14.7 Å². The normalized spacial score (nSPS) is 11.9. The fourth-order valence-electron chi connectivity index (χ4n) is 3.15. The average molecular weight is 369 g/mol. The summed E-state index contributed by atoms with van der Waals surface area (Å²) < 4.78 is 1.37. The Bertz CT molecular complexity index is 1180. The van der Waals surface area contributed by atoms with Crippen molar-refractivity contribution in [3.05, 3.63) is 118 Å². The predicted octanol–water partition coefficient (Wildman–Crippen LogP) is 3.52. The highest BCUT2D eigenvalue weighted by molar-refractivity contribution is 5.94. The first-order chi connectivity index (χ1) is 13.6. The summed E-state index contributed by atoms with van der Waals surface area (Å²) in [6, 6.07) is 22.5. The number of carbonyl (C=O) groups is 1. The zero-order valence-corrected chi connectivity index (χ0v) is 15.4. The van der Waals surface area contributed by atoms with E-state index in [2.05, 4.69) is 10.3 Å². The molecule has 4 aromatic rings. The molecule has 0 saturated heterocycles. The summed E-state index contributed by atoms with van der Waals surface area (Å²) in [7, 11) is 0. The number of hydrogen-bond acceptors (Lipinski definition) is 3. The fraction of sp³-hybridized carbons (Fsp3) is 0.0870. The van der Waals surface area contributed by atoms with Crippen LogP contribution in [0.3, 0.4) is 0 Å². The molecule has 1 N–H and O–H groups in total. The standard InChI is InChI=1S/C23H19N3O2/c1-16-10-12-18(13-11-16)21(17-7-3-2-4-8-17)25-22(27)19-15-24-20-9-5-6-14-26(20)23(19)28/h2-15,21H,1H3,(H,25,27). The third kappa shape index (κ3) is 3.42. The number of fused-ring (bicyclic) bond motifs is 1. The number of carbonyl (C=O) groups excluding carboxylic acids is 1. The van der Waals surface area contributed by atoms with E-state index >= 15 is 0 Å². The lowest BCUT2D eigenvalue weighted by atomic mass is 9.97. The number of hydrogen-bond donors (Lipinski definition) is 1. The minimum Gasteiger partial charge on any atom is -0.341 e. The maximum atomic E-state index is 13.0. The van der Waals surface area contributed by atoms with Crippen LogP contribution in [0.1, 0.15) is 33.1 Å². The van der Waals surface area contributed by atoms with Crippen LogP contribution >= 0.6 is 0 Å². The SMILES string of the molecule is Cc1ccc(C(NC(=O)c2cnc3ccccn3c2=O)c2ccccc2)cc1. The van der Waals surface area contributed by atoms with Crippen molar-refractivity contribution in [3.63, 3.8) is 0 Å². The number of amides is 1. The molecule has 1 amide bonds. The fourth-order valence-corrected chi connectivity index (χ4v) is 3.15. The van der Waals surface area contributed by atoms with Crippen LogP contribution in [0.5, 0.6) is 0 Å². The molecular weight excluding hydrogens is 350 g/mol. The van der Waals surface area contributed by atoms with Gasteiger partial charge in [0.15, 0.2) is 0 Å². The number of benzene rings is 2. The third-order valence-electron chi connectivity index (χ3n) is 4.68. The van der Waals surface area contributed by atoms with Crippen molar-refractivity contribution in [1.29, 1.82) is 0 Å². The minimum absolute atomic E-state index is 0.0109. The van der Waals surface area contributed by atoms with Crippen LogP contribution < -0.4 is 10.9 Å². The first-order valence-corrected chi connectivity index (χ1v) is 9.02. The van der Waals surface area contributed by atoms with Gasteiger partial charge in [0.05, 0.1) is 6.04 Å². The molecule has 28 heavy (non-hydrogen) atoms. The lowest BCUT2D eigenvalue weighted by Crippen LogP contribution is -2.34. The van der Waals surface area contributed by atoms with E-state index in [9.17, 15) is 9.59 Å². The van der Waals surface area contributed by atoms with E-state index in [-0.39, 0.29) is 17.2 Å². The Kier molecular flexibility index (Phi) is 4.72. The van der Waals surface area contributed by atoms with E-state index in [1.165, 1.54) is 10.6 Å². The smallest absolute Gasteiger partial charge is 0.270 e. The maximum Gasteiger partial charge on any atom is 0.270 e. The number of nitrogens with zero attached hydrogens (tertiary/aromatic N) is 2. The Morgan fingerprint density at radius 3 is 2.36 bits per heavy atom. The molecule has 4 rings (SSSR count). The Morgan fingerprint density at radius 2 is 1.61 bits per heavy atom. The molecule has 1 unspecified atom stereocenters. The van der Waals surface area contributed by atoms with E-state index in [1.807, 2.05) is 61.5 Å². The van der Waals surface area contributed by atoms with Crippen LogP contribution in [0.2, 0.25) is 0 Å². The Labute approximate surface area is 162 Å². The van der Waals surface area contributed by atoms with Crippen LogP contribution in [0, 0.1) is 6.92 Å². The van der Waals surface area contributed by atoms with Gasteiger partial charge in [-0.1, -0.05) is 66.2 Å². The molecule has 0 aliphatic heterocycles. The second-order valence-corrected chi connectivity index (χ2v) is 6.63. The number of pyridine rings is 1. The Hall–Kier alpha value is -3.73. The van der Waals surface area contributed by atoms with Crippen LogP contribution in [0.15, 0.2) is 90.0 Å². The van der Waals surface area contributed by atoms with Gasteiger partial charge in [0, 0.05) is 12.4 Å². The predicted molar refractivity (Wildman–Crippen MR) is 108 cm³/mol. The highest BCUT2D eigenvalue weighted by atomic mass is 16.2. The molecule has 0 radical (unpaired) electrons. The van der Waals surface area contributed by atoms with E-state index in [4.69, 9.17) is 0 Å². The molecular formula is C23H19N3O2. The molecule has 2 aromatic carbocycles. The Balaban J connectivity index is 1.73. The van der Waals surface area contributed by atoms with Crippen LogP contribution in [0.25, 0.3) is 5.65 Å². The monoisotopic (exact) mass is 369 g/mol. The van der Waals surface area contributed by atoms with E-state index in [0.29, 0.717) is 5.65 Å². The van der Waals surface area contributed by atoms with Crippen molar-refractivity contribution in [2.75, 3.05) is 0 Å². The van der Waals surface area contributed by atoms with E-state index in [0.717, 1.165) is 16.7 Å². The molecule has 0 spiro atoms. The van der Waals surface area contributed by atoms with Crippen molar-refractivity contribution in [3.8, 4) is 0 Å². The van der Waals surface area contributed by atoms with Gasteiger partial charge < -0.3 is 5.32 Å². The quantitative estimate of drug-likeness (QED) is 0.599. The summed E-state index contributed by atoms with van der Waals surface area (Å²) in [6.07, 6.45) is 2.94. The zero-order chi connectivity index (χ0) is 19.5. The molecule has 0 fully saturated rings. The van der Waals surface area contributed by atoms with Gasteiger partial charge >= 0.3 is 0 Å². The van der Waals surface area contributed by atoms with Gasteiger partial charge in [-0.25, -0.2) is 4.98 Å². The first kappa shape index (κ1) is 17.7. The summed E-state index contributed by atoms with van der Waals surface area (Å²) >= 11 is 0. The Morgan fingerprint density at radius 1 is 0.929 bits per heavy atom. The van der Waals surface area contributed by atoms with E-state index < -0.39 is 5.91 Å². The van der Waals surface area contributed by atoms with Gasteiger partial charge in [-0.2, -0.15) is 0 Å². The van der Waals surface area contributed by atoms with Crippen LogP contribution in [-0.2, 0) is 0 Å². The van der Waals surface area contributed by atoms with Crippen molar-refractivity contribution in [2.24, 2.45) is 0 Å². The molecule has 138 valence electrons. The lowest BCUT2D eigenvalue weighted by molar-refractivity contribution is 0.0941. The summed E-state index contributed by atoms with van der Waals surface area (Å²) in [5, 5.41) is 3.00. The molecule has 2 heterocycles. The molecule has 5 nitrogen and oxygen atoms in total.